The van der Waals surface area contributed by atoms with Crippen molar-refractivity contribution in [1.82, 2.24) is 29.5 Å². The highest BCUT2D eigenvalue weighted by Gasteiger charge is 2.26. The van der Waals surface area contributed by atoms with Crippen LogP contribution in [0.5, 0.6) is 5.75 Å². The molecule has 42 heavy (non-hydrogen) atoms. The Kier molecular flexibility index (Phi) is 8.20. The number of hydrogen-bond acceptors (Lipinski definition) is 7. The molecule has 1 saturated heterocycles. The van der Waals surface area contributed by atoms with E-state index >= 15 is 0 Å². The highest BCUT2D eigenvalue weighted by Crippen LogP contribution is 2.31. The number of nitrogens with zero attached hydrogens (tertiary/aromatic N) is 5. The molecule has 0 radical (unpaired) electrons. The standard InChI is InChI=1S/C29H32F2N8O3/c1-17-14-19(4-5-20(17)28(40)37-10-12-38(13-11-37)29(41)35-18(2)15-32)36-26-27-34-16-22(39(27)9-8-33-26)21-6-7-23(42-3)25(31)24(21)30/h4-9,14,16,18H,10-13,15,32H2,1-3H3,(H,33,36)(H,35,41)/t18-/m0/s1. The van der Waals surface area contributed by atoms with Gasteiger partial charge >= 0.3 is 6.03 Å². The van der Waals surface area contributed by atoms with E-state index in [1.54, 1.807) is 32.5 Å². The van der Waals surface area contributed by atoms with Crippen LogP contribution < -0.4 is 21.1 Å². The minimum atomic E-state index is -1.08. The molecule has 4 N–H and O–H groups in total. The van der Waals surface area contributed by atoms with E-state index in [4.69, 9.17) is 10.5 Å². The number of anilines is 2. The largest absolute Gasteiger partial charge is 0.494 e. The number of amides is 3. The predicted octanol–water partition coefficient (Wildman–Crippen LogP) is 3.55. The molecule has 0 spiro atoms. The number of aromatic nitrogens is 3. The highest BCUT2D eigenvalue weighted by molar-refractivity contribution is 5.96. The molecule has 0 aliphatic carbocycles. The Labute approximate surface area is 241 Å². The molecule has 2 aromatic heterocycles. The Morgan fingerprint density at radius 3 is 2.50 bits per heavy atom. The average molecular weight is 579 g/mol. The summed E-state index contributed by atoms with van der Waals surface area (Å²) in [5.41, 5.74) is 8.35. The van der Waals surface area contributed by atoms with E-state index < -0.39 is 11.6 Å². The number of hydrogen-bond donors (Lipinski definition) is 3. The van der Waals surface area contributed by atoms with E-state index in [1.807, 2.05) is 19.9 Å². The van der Waals surface area contributed by atoms with Crippen molar-refractivity contribution in [3.63, 3.8) is 0 Å². The quantitative estimate of drug-likeness (QED) is 0.306. The SMILES string of the molecule is COc1ccc(-c2cnc3c(Nc4ccc(C(=O)N5CCN(C(=O)N[C@@H](C)CN)CC5)c(C)c4)nccn23)c(F)c1F. The van der Waals surface area contributed by atoms with Gasteiger partial charge < -0.3 is 30.9 Å². The van der Waals surface area contributed by atoms with Crippen molar-refractivity contribution in [3.05, 3.63) is 71.7 Å². The Bertz CT molecular complexity index is 1630. The number of ether oxygens (including phenoxy) is 1. The monoisotopic (exact) mass is 578 g/mol. The fourth-order valence-corrected chi connectivity index (χ4v) is 4.86. The van der Waals surface area contributed by atoms with Crippen LogP contribution in [0, 0.1) is 18.6 Å². The lowest BCUT2D eigenvalue weighted by Gasteiger charge is -2.35. The smallest absolute Gasteiger partial charge is 0.317 e. The van der Waals surface area contributed by atoms with Crippen molar-refractivity contribution in [3.8, 4) is 17.0 Å². The van der Waals surface area contributed by atoms with Gasteiger partial charge in [0.25, 0.3) is 5.91 Å². The first-order valence-corrected chi connectivity index (χ1v) is 13.5. The summed E-state index contributed by atoms with van der Waals surface area (Å²) in [6.45, 7) is 5.76. The summed E-state index contributed by atoms with van der Waals surface area (Å²) >= 11 is 0. The third-order valence-electron chi connectivity index (χ3n) is 7.27. The molecule has 0 unspecified atom stereocenters. The number of carbonyl (C=O) groups is 2. The van der Waals surface area contributed by atoms with Gasteiger partial charge in [-0.25, -0.2) is 19.2 Å². The van der Waals surface area contributed by atoms with Gasteiger partial charge in [-0.05, 0) is 49.7 Å². The fourth-order valence-electron chi connectivity index (χ4n) is 4.86. The normalized spacial score (nSPS) is 14.1. The molecule has 1 fully saturated rings. The molecule has 220 valence electrons. The number of halogens is 2. The number of fused-ring (bicyclic) bond motifs is 1. The second-order valence-corrected chi connectivity index (χ2v) is 10.1. The lowest BCUT2D eigenvalue weighted by atomic mass is 10.1. The van der Waals surface area contributed by atoms with Crippen molar-refractivity contribution in [1.29, 1.82) is 0 Å². The molecule has 3 heterocycles. The van der Waals surface area contributed by atoms with Crippen LogP contribution in [0.2, 0.25) is 0 Å². The second kappa shape index (κ2) is 12.0. The van der Waals surface area contributed by atoms with E-state index in [9.17, 15) is 18.4 Å². The van der Waals surface area contributed by atoms with Crippen molar-refractivity contribution >= 4 is 29.1 Å². The Hall–Kier alpha value is -4.78. The first-order chi connectivity index (χ1) is 20.2. The molecule has 13 heteroatoms. The molecule has 5 rings (SSSR count). The van der Waals surface area contributed by atoms with Gasteiger partial charge in [0.2, 0.25) is 5.82 Å². The van der Waals surface area contributed by atoms with Crippen LogP contribution >= 0.6 is 0 Å². The topological polar surface area (TPSA) is 130 Å². The first kappa shape index (κ1) is 28.7. The summed E-state index contributed by atoms with van der Waals surface area (Å²) in [5, 5.41) is 6.06. The van der Waals surface area contributed by atoms with Gasteiger partial charge in [-0.1, -0.05) is 0 Å². The molecule has 4 aromatic rings. The van der Waals surface area contributed by atoms with Crippen LogP contribution in [0.25, 0.3) is 16.9 Å². The van der Waals surface area contributed by atoms with Crippen LogP contribution in [0.1, 0.15) is 22.8 Å². The van der Waals surface area contributed by atoms with Gasteiger partial charge in [0.15, 0.2) is 23.0 Å². The summed E-state index contributed by atoms with van der Waals surface area (Å²) in [4.78, 5) is 37.8. The van der Waals surface area contributed by atoms with Gasteiger partial charge in [-0.15, -0.1) is 0 Å². The Balaban J connectivity index is 1.30. The number of rotatable bonds is 7. The van der Waals surface area contributed by atoms with E-state index in [0.29, 0.717) is 61.1 Å². The van der Waals surface area contributed by atoms with Gasteiger partial charge in [0.05, 0.1) is 19.0 Å². The number of urea groups is 1. The fraction of sp³-hybridized carbons (Fsp3) is 0.310. The Morgan fingerprint density at radius 2 is 1.81 bits per heavy atom. The van der Waals surface area contributed by atoms with Crippen molar-refractivity contribution in [2.45, 2.75) is 19.9 Å². The molecule has 1 aliphatic rings. The molecule has 0 bridgehead atoms. The van der Waals surface area contributed by atoms with Crippen molar-refractivity contribution in [2.24, 2.45) is 5.73 Å². The molecule has 0 saturated carbocycles. The predicted molar refractivity (Wildman–Crippen MR) is 154 cm³/mol. The van der Waals surface area contributed by atoms with Crippen LogP contribution in [-0.2, 0) is 0 Å². The van der Waals surface area contributed by atoms with Gasteiger partial charge in [-0.3, -0.25) is 9.20 Å². The van der Waals surface area contributed by atoms with E-state index in [0.717, 1.165) is 5.56 Å². The lowest BCUT2D eigenvalue weighted by Crippen LogP contribution is -2.55. The second-order valence-electron chi connectivity index (χ2n) is 10.1. The summed E-state index contributed by atoms with van der Waals surface area (Å²) < 4.78 is 35.6. The van der Waals surface area contributed by atoms with E-state index in [-0.39, 0.29) is 29.3 Å². The molecule has 3 amide bonds. The number of methoxy groups -OCH3 is 1. The summed E-state index contributed by atoms with van der Waals surface area (Å²) in [5.74, 6) is -2.01. The minimum Gasteiger partial charge on any atom is -0.494 e. The number of nitrogens with two attached hydrogens (primary N) is 1. The lowest BCUT2D eigenvalue weighted by molar-refractivity contribution is 0.0663. The van der Waals surface area contributed by atoms with Crippen molar-refractivity contribution in [2.75, 3.05) is 45.2 Å². The van der Waals surface area contributed by atoms with E-state index in [1.165, 1.54) is 31.6 Å². The zero-order valence-electron chi connectivity index (χ0n) is 23.5. The summed E-state index contributed by atoms with van der Waals surface area (Å²) in [7, 11) is 1.27. The maximum Gasteiger partial charge on any atom is 0.317 e. The van der Waals surface area contributed by atoms with Crippen LogP contribution in [0.3, 0.4) is 0 Å². The molecule has 11 nitrogen and oxygen atoms in total. The maximum atomic E-state index is 14.8. The van der Waals surface area contributed by atoms with Gasteiger partial charge in [0, 0.05) is 68.0 Å². The van der Waals surface area contributed by atoms with E-state index in [2.05, 4.69) is 20.6 Å². The van der Waals surface area contributed by atoms with Gasteiger partial charge in [-0.2, -0.15) is 4.39 Å². The number of imidazole rings is 1. The number of piperazine rings is 1. The summed E-state index contributed by atoms with van der Waals surface area (Å²) in [6.07, 6.45) is 4.58. The third-order valence-corrected chi connectivity index (χ3v) is 7.27. The first-order valence-electron chi connectivity index (χ1n) is 13.5. The number of carbonyl (C=O) groups excluding carboxylic acids is 2. The molecule has 2 aromatic carbocycles. The molecular formula is C29H32F2N8O3. The molecule has 1 atom stereocenters. The minimum absolute atomic E-state index is 0.0308. The zero-order chi connectivity index (χ0) is 30.0. The Morgan fingerprint density at radius 1 is 1.07 bits per heavy atom. The average Bonchev–Trinajstić information content (AvgIpc) is 3.43. The highest BCUT2D eigenvalue weighted by atomic mass is 19.2. The number of aryl methyl sites for hydroxylation is 1. The summed E-state index contributed by atoms with van der Waals surface area (Å²) in [6, 6.07) is 7.84. The van der Waals surface area contributed by atoms with Crippen LogP contribution in [0.4, 0.5) is 25.1 Å². The maximum absolute atomic E-state index is 14.8. The number of nitrogens with one attached hydrogen (secondary N) is 2. The molecular weight excluding hydrogens is 546 g/mol. The molecule has 1 aliphatic heterocycles. The van der Waals surface area contributed by atoms with Crippen molar-refractivity contribution < 1.29 is 23.1 Å². The number of benzene rings is 2. The van der Waals surface area contributed by atoms with Crippen LogP contribution in [0.15, 0.2) is 48.9 Å². The van der Waals surface area contributed by atoms with Gasteiger partial charge in [0.1, 0.15) is 0 Å². The van der Waals surface area contributed by atoms with Crippen LogP contribution in [-0.4, -0.2) is 82.0 Å². The third kappa shape index (κ3) is 5.55. The zero-order valence-corrected chi connectivity index (χ0v) is 23.5.